The lowest BCUT2D eigenvalue weighted by Gasteiger charge is -2.19. The van der Waals surface area contributed by atoms with Crippen LogP contribution in [0.2, 0.25) is 0 Å². The maximum Gasteiger partial charge on any atom is 0.226 e. The van der Waals surface area contributed by atoms with E-state index in [9.17, 15) is 9.18 Å². The summed E-state index contributed by atoms with van der Waals surface area (Å²) >= 11 is 0. The molecular weight excluding hydrogens is 303 g/mol. The summed E-state index contributed by atoms with van der Waals surface area (Å²) in [5.41, 5.74) is 2.42. The van der Waals surface area contributed by atoms with Crippen LogP contribution in [0, 0.1) is 12.7 Å². The summed E-state index contributed by atoms with van der Waals surface area (Å²) in [5, 5.41) is 2.88. The van der Waals surface area contributed by atoms with E-state index in [4.69, 9.17) is 0 Å². The number of hydrogen-bond acceptors (Lipinski definition) is 1. The highest BCUT2D eigenvalue weighted by Gasteiger charge is 2.17. The average Bonchev–Trinajstić information content (AvgIpc) is 3.10. The zero-order chi connectivity index (χ0) is 16.9. The summed E-state index contributed by atoms with van der Waals surface area (Å²) in [4.78, 5) is 12.5. The van der Waals surface area contributed by atoms with Crippen LogP contribution in [0.25, 0.3) is 0 Å². The number of carbonyl (C=O) groups excluding carboxylic acids is 1. The smallest absolute Gasteiger partial charge is 0.226 e. The molecule has 0 saturated carbocycles. The fourth-order valence-electron chi connectivity index (χ4n) is 2.77. The Bertz CT molecular complexity index is 813. The van der Waals surface area contributed by atoms with Crippen LogP contribution in [0.3, 0.4) is 0 Å². The third-order valence-corrected chi connectivity index (χ3v) is 4.01. The summed E-state index contributed by atoms with van der Waals surface area (Å²) in [6.45, 7) is 1.78. The molecule has 1 aromatic heterocycles. The quantitative estimate of drug-likeness (QED) is 0.734. The van der Waals surface area contributed by atoms with Crippen LogP contribution in [0.4, 0.5) is 10.1 Å². The van der Waals surface area contributed by atoms with Gasteiger partial charge in [-0.25, -0.2) is 4.39 Å². The number of aromatic nitrogens is 1. The predicted octanol–water partition coefficient (Wildman–Crippen LogP) is 4.55. The van der Waals surface area contributed by atoms with E-state index in [2.05, 4.69) is 5.32 Å². The van der Waals surface area contributed by atoms with Crippen molar-refractivity contribution in [1.29, 1.82) is 0 Å². The van der Waals surface area contributed by atoms with Gasteiger partial charge in [-0.1, -0.05) is 30.3 Å². The summed E-state index contributed by atoms with van der Waals surface area (Å²) in [6, 6.07) is 18.1. The van der Waals surface area contributed by atoms with Crippen LogP contribution in [0.1, 0.15) is 23.6 Å². The Balaban J connectivity index is 1.79. The number of amides is 1. The van der Waals surface area contributed by atoms with Crippen molar-refractivity contribution in [2.24, 2.45) is 0 Å². The van der Waals surface area contributed by atoms with E-state index in [-0.39, 0.29) is 17.8 Å². The number of rotatable bonds is 5. The average molecular weight is 322 g/mol. The molecule has 0 saturated heterocycles. The van der Waals surface area contributed by atoms with Crippen LogP contribution in [0.15, 0.2) is 73.1 Å². The largest absolute Gasteiger partial charge is 0.346 e. The van der Waals surface area contributed by atoms with E-state index in [1.807, 2.05) is 59.4 Å². The first-order chi connectivity index (χ1) is 11.6. The Hall–Kier alpha value is -2.88. The molecule has 3 rings (SSSR count). The molecule has 3 aromatic rings. The molecule has 4 heteroatoms. The first-order valence-corrected chi connectivity index (χ1v) is 7.87. The van der Waals surface area contributed by atoms with Gasteiger partial charge in [0.15, 0.2) is 0 Å². The van der Waals surface area contributed by atoms with Crippen LogP contribution in [-0.4, -0.2) is 10.5 Å². The molecule has 0 bridgehead atoms. The van der Waals surface area contributed by atoms with Crippen LogP contribution >= 0.6 is 0 Å². The van der Waals surface area contributed by atoms with Crippen molar-refractivity contribution in [3.05, 3.63) is 90.0 Å². The lowest BCUT2D eigenvalue weighted by atomic mass is 10.0. The Morgan fingerprint density at radius 3 is 2.46 bits per heavy atom. The zero-order valence-electron chi connectivity index (χ0n) is 13.4. The van der Waals surface area contributed by atoms with Gasteiger partial charge >= 0.3 is 0 Å². The van der Waals surface area contributed by atoms with Gasteiger partial charge in [-0.15, -0.1) is 0 Å². The third kappa shape index (κ3) is 3.71. The van der Waals surface area contributed by atoms with E-state index in [0.29, 0.717) is 17.7 Å². The highest BCUT2D eigenvalue weighted by molar-refractivity contribution is 5.92. The fraction of sp³-hybridized carbons (Fsp3) is 0.150. The van der Waals surface area contributed by atoms with Crippen molar-refractivity contribution in [1.82, 2.24) is 4.57 Å². The topological polar surface area (TPSA) is 34.0 Å². The molecule has 0 radical (unpaired) electrons. The van der Waals surface area contributed by atoms with Gasteiger partial charge in [-0.05, 0) is 48.4 Å². The third-order valence-electron chi connectivity index (χ3n) is 4.01. The summed E-state index contributed by atoms with van der Waals surface area (Å²) in [5.74, 6) is -0.410. The van der Waals surface area contributed by atoms with Crippen molar-refractivity contribution in [3.63, 3.8) is 0 Å². The van der Waals surface area contributed by atoms with E-state index in [0.717, 1.165) is 5.56 Å². The molecular formula is C20H19FN2O. The summed E-state index contributed by atoms with van der Waals surface area (Å²) in [7, 11) is 0. The number of benzene rings is 2. The molecule has 0 aliphatic heterocycles. The van der Waals surface area contributed by atoms with Gasteiger partial charge < -0.3 is 9.88 Å². The second-order valence-corrected chi connectivity index (χ2v) is 5.77. The zero-order valence-corrected chi connectivity index (χ0v) is 13.4. The number of nitrogens with zero attached hydrogens (tertiary/aromatic N) is 1. The fourth-order valence-corrected chi connectivity index (χ4v) is 2.77. The van der Waals surface area contributed by atoms with Crippen molar-refractivity contribution in [2.75, 3.05) is 5.32 Å². The molecule has 1 N–H and O–H groups in total. The molecule has 1 heterocycles. The van der Waals surface area contributed by atoms with E-state index >= 15 is 0 Å². The SMILES string of the molecule is Cc1cc(F)ccc1NC(=O)C[C@H](c1ccccc1)n1cccc1. The van der Waals surface area contributed by atoms with E-state index in [1.54, 1.807) is 13.0 Å². The highest BCUT2D eigenvalue weighted by atomic mass is 19.1. The van der Waals surface area contributed by atoms with Crippen LogP contribution in [-0.2, 0) is 4.79 Å². The normalized spacial score (nSPS) is 11.9. The summed E-state index contributed by atoms with van der Waals surface area (Å²) in [6.07, 6.45) is 4.21. The van der Waals surface area contributed by atoms with E-state index in [1.165, 1.54) is 12.1 Å². The predicted molar refractivity (Wildman–Crippen MR) is 93.4 cm³/mol. The van der Waals surface area contributed by atoms with E-state index < -0.39 is 0 Å². The van der Waals surface area contributed by atoms with Gasteiger partial charge in [-0.3, -0.25) is 4.79 Å². The standard InChI is InChI=1S/C20H19FN2O/c1-15-13-17(21)9-10-18(15)22-20(24)14-19(23-11-5-6-12-23)16-7-3-2-4-8-16/h2-13,19H,14H2,1H3,(H,22,24)/t19-/m1/s1. The molecule has 122 valence electrons. The number of halogens is 1. The van der Waals surface area contributed by atoms with Crippen LogP contribution < -0.4 is 5.32 Å². The monoisotopic (exact) mass is 322 g/mol. The lowest BCUT2D eigenvalue weighted by Crippen LogP contribution is -2.20. The minimum atomic E-state index is -0.306. The van der Waals surface area contributed by atoms with Crippen molar-refractivity contribution >= 4 is 11.6 Å². The number of carbonyl (C=O) groups is 1. The minimum absolute atomic E-state index is 0.0815. The second-order valence-electron chi connectivity index (χ2n) is 5.77. The van der Waals surface area contributed by atoms with Gasteiger partial charge in [0.05, 0.1) is 12.5 Å². The van der Waals surface area contributed by atoms with Crippen LogP contribution in [0.5, 0.6) is 0 Å². The van der Waals surface area contributed by atoms with Crippen molar-refractivity contribution in [2.45, 2.75) is 19.4 Å². The molecule has 0 aliphatic carbocycles. The lowest BCUT2D eigenvalue weighted by molar-refractivity contribution is -0.116. The number of hydrogen-bond donors (Lipinski definition) is 1. The number of anilines is 1. The second kappa shape index (κ2) is 7.13. The number of nitrogens with one attached hydrogen (secondary N) is 1. The van der Waals surface area contributed by atoms with Crippen molar-refractivity contribution in [3.8, 4) is 0 Å². The molecule has 1 atom stereocenters. The highest BCUT2D eigenvalue weighted by Crippen LogP contribution is 2.23. The molecule has 24 heavy (non-hydrogen) atoms. The first kappa shape index (κ1) is 16.0. The molecule has 0 spiro atoms. The molecule has 3 nitrogen and oxygen atoms in total. The molecule has 1 amide bonds. The van der Waals surface area contributed by atoms with Gasteiger partial charge in [0.2, 0.25) is 5.91 Å². The summed E-state index contributed by atoms with van der Waals surface area (Å²) < 4.78 is 15.2. The van der Waals surface area contributed by atoms with Gasteiger partial charge in [-0.2, -0.15) is 0 Å². The Morgan fingerprint density at radius 1 is 1.08 bits per heavy atom. The van der Waals surface area contributed by atoms with Gasteiger partial charge in [0.1, 0.15) is 5.82 Å². The van der Waals surface area contributed by atoms with Gasteiger partial charge in [0.25, 0.3) is 0 Å². The molecule has 0 aliphatic rings. The minimum Gasteiger partial charge on any atom is -0.346 e. The maximum absolute atomic E-state index is 13.2. The Kier molecular flexibility index (Phi) is 4.75. The molecule has 2 aromatic carbocycles. The maximum atomic E-state index is 13.2. The number of aryl methyl sites for hydroxylation is 1. The first-order valence-electron chi connectivity index (χ1n) is 7.87. The Morgan fingerprint density at radius 2 is 1.79 bits per heavy atom. The van der Waals surface area contributed by atoms with Crippen molar-refractivity contribution < 1.29 is 9.18 Å². The molecule has 0 unspecified atom stereocenters. The van der Waals surface area contributed by atoms with Gasteiger partial charge in [0, 0.05) is 18.1 Å². The molecule has 0 fully saturated rings. The Labute approximate surface area is 140 Å².